The van der Waals surface area contributed by atoms with Crippen LogP contribution in [-0.2, 0) is 14.3 Å². The Kier molecular flexibility index (Phi) is 29.3. The lowest BCUT2D eigenvalue weighted by atomic mass is 9.94. The highest BCUT2D eigenvalue weighted by atomic mass is 16.5. The number of nitrogens with zero attached hydrogens (tertiary/aromatic N) is 2. The third-order valence-electron chi connectivity index (χ3n) is 10.2. The zero-order valence-electron chi connectivity index (χ0n) is 31.1. The van der Waals surface area contributed by atoms with Crippen LogP contribution in [0.5, 0.6) is 0 Å². The van der Waals surface area contributed by atoms with E-state index in [1.807, 2.05) is 0 Å². The number of carbonyl (C=O) groups excluding carboxylic acids is 2. The zero-order valence-corrected chi connectivity index (χ0v) is 31.1. The molecule has 0 spiro atoms. The van der Waals surface area contributed by atoms with E-state index >= 15 is 0 Å². The fourth-order valence-corrected chi connectivity index (χ4v) is 7.16. The maximum absolute atomic E-state index is 12.6. The summed E-state index contributed by atoms with van der Waals surface area (Å²) in [5.74, 6) is 0.812. The van der Waals surface area contributed by atoms with E-state index in [0.717, 1.165) is 64.8 Å². The molecule has 6 heteroatoms. The molecule has 1 aliphatic carbocycles. The van der Waals surface area contributed by atoms with E-state index in [4.69, 9.17) is 4.74 Å². The number of unbranched alkanes of at least 4 members (excludes halogenated alkanes) is 14. The predicted molar refractivity (Wildman–Crippen MR) is 195 cm³/mol. The fraction of sp³-hybridized carbons (Fsp3) is 0.950. The summed E-state index contributed by atoms with van der Waals surface area (Å²) in [5, 5.41) is 9.70. The molecule has 0 aromatic heterocycles. The van der Waals surface area contributed by atoms with Gasteiger partial charge in [0.25, 0.3) is 0 Å². The topological polar surface area (TPSA) is 70.1 Å². The molecule has 0 saturated heterocycles. The van der Waals surface area contributed by atoms with Gasteiger partial charge in [-0.25, -0.2) is 0 Å². The first-order valence-electron chi connectivity index (χ1n) is 20.2. The molecule has 1 fully saturated rings. The van der Waals surface area contributed by atoms with Crippen LogP contribution in [0.3, 0.4) is 0 Å². The first kappa shape index (κ1) is 43.0. The van der Waals surface area contributed by atoms with Crippen LogP contribution in [-0.4, -0.2) is 78.6 Å². The zero-order chi connectivity index (χ0) is 33.5. The molecule has 1 rings (SSSR count). The van der Waals surface area contributed by atoms with Gasteiger partial charge in [0.15, 0.2) is 0 Å². The van der Waals surface area contributed by atoms with Crippen molar-refractivity contribution in [3.8, 4) is 0 Å². The van der Waals surface area contributed by atoms with Crippen molar-refractivity contribution in [1.82, 2.24) is 9.80 Å². The van der Waals surface area contributed by atoms with E-state index in [9.17, 15) is 14.7 Å². The molecule has 0 aromatic carbocycles. The van der Waals surface area contributed by atoms with Gasteiger partial charge in [-0.05, 0) is 77.3 Å². The normalized spacial score (nSPS) is 13.9. The molecule has 0 radical (unpaired) electrons. The van der Waals surface area contributed by atoms with Gasteiger partial charge in [-0.3, -0.25) is 14.6 Å². The average Bonchev–Trinajstić information content (AvgIpc) is 3.58. The summed E-state index contributed by atoms with van der Waals surface area (Å²) in [7, 11) is 0. The molecule has 1 aliphatic rings. The summed E-state index contributed by atoms with van der Waals surface area (Å²) in [4.78, 5) is 29.0. The Balaban J connectivity index is 2.33. The van der Waals surface area contributed by atoms with E-state index in [1.165, 1.54) is 122 Å². The number of esters is 1. The smallest absolute Gasteiger partial charge is 0.305 e. The number of ether oxygens (including phenoxy) is 1. The molecule has 0 amide bonds. The molecule has 46 heavy (non-hydrogen) atoms. The van der Waals surface area contributed by atoms with Gasteiger partial charge in [0.05, 0.1) is 13.2 Å². The Morgan fingerprint density at radius 3 is 1.78 bits per heavy atom. The highest BCUT2D eigenvalue weighted by molar-refractivity contribution is 5.75. The third kappa shape index (κ3) is 25.1. The number of hydrogen-bond acceptors (Lipinski definition) is 6. The van der Waals surface area contributed by atoms with Gasteiger partial charge in [-0.15, -0.1) is 0 Å². The van der Waals surface area contributed by atoms with Gasteiger partial charge in [-0.2, -0.15) is 0 Å². The number of carbonyl (C=O) groups is 2. The van der Waals surface area contributed by atoms with Crippen LogP contribution < -0.4 is 0 Å². The van der Waals surface area contributed by atoms with Crippen molar-refractivity contribution in [1.29, 1.82) is 0 Å². The van der Waals surface area contributed by atoms with Crippen LogP contribution in [0.1, 0.15) is 188 Å². The number of rotatable bonds is 34. The molecular weight excluding hydrogens is 572 g/mol. The molecule has 6 nitrogen and oxygen atoms in total. The second-order valence-corrected chi connectivity index (χ2v) is 14.5. The number of Topliss-reactive ketones (excluding diaryl/α,β-unsaturated/α-hetero) is 1. The molecule has 0 unspecified atom stereocenters. The molecule has 1 saturated carbocycles. The summed E-state index contributed by atoms with van der Waals surface area (Å²) in [5.41, 5.74) is 0. The summed E-state index contributed by atoms with van der Waals surface area (Å²) in [6, 6.07) is 0.700. The van der Waals surface area contributed by atoms with Gasteiger partial charge < -0.3 is 14.6 Å². The second-order valence-electron chi connectivity index (χ2n) is 14.5. The molecule has 0 heterocycles. The average molecular weight is 651 g/mol. The minimum Gasteiger partial charge on any atom is -0.465 e. The van der Waals surface area contributed by atoms with Crippen LogP contribution >= 0.6 is 0 Å². The standard InChI is InChI=1S/C40H78N2O4/c1-4-6-8-10-12-17-25-38(26-18-13-11-9-7-5-2)36-46-40(45)29-19-15-22-30-41(34-35-43)32-33-42(39-27-20-21-28-39)31-23-14-16-24-37(3)44/h38-39,43H,4-36H2,1-3H3. The van der Waals surface area contributed by atoms with E-state index in [0.29, 0.717) is 37.2 Å². The van der Waals surface area contributed by atoms with Crippen LogP contribution in [0, 0.1) is 5.92 Å². The van der Waals surface area contributed by atoms with Crippen molar-refractivity contribution in [3.05, 3.63) is 0 Å². The maximum atomic E-state index is 12.6. The molecule has 0 aromatic rings. The van der Waals surface area contributed by atoms with Crippen molar-refractivity contribution in [3.63, 3.8) is 0 Å². The number of ketones is 1. The number of aliphatic hydroxyl groups is 1. The minimum atomic E-state index is -0.0152. The van der Waals surface area contributed by atoms with Gasteiger partial charge in [0.2, 0.25) is 0 Å². The molecular formula is C40H78N2O4. The molecule has 1 N–H and O–H groups in total. The Hall–Kier alpha value is -0.980. The molecule has 0 atom stereocenters. The first-order valence-corrected chi connectivity index (χ1v) is 20.2. The Bertz CT molecular complexity index is 681. The summed E-state index contributed by atoms with van der Waals surface area (Å²) >= 11 is 0. The highest BCUT2D eigenvalue weighted by Gasteiger charge is 2.22. The van der Waals surface area contributed by atoms with E-state index in [2.05, 4.69) is 23.6 Å². The van der Waals surface area contributed by atoms with Crippen molar-refractivity contribution in [2.45, 2.75) is 194 Å². The van der Waals surface area contributed by atoms with Crippen LogP contribution in [0.15, 0.2) is 0 Å². The third-order valence-corrected chi connectivity index (χ3v) is 10.2. The van der Waals surface area contributed by atoms with Crippen LogP contribution in [0.2, 0.25) is 0 Å². The van der Waals surface area contributed by atoms with Gasteiger partial charge in [0, 0.05) is 38.5 Å². The fourth-order valence-electron chi connectivity index (χ4n) is 7.16. The summed E-state index contributed by atoms with van der Waals surface area (Å²) < 4.78 is 5.83. The quantitative estimate of drug-likeness (QED) is 0.0552. The number of hydrogen-bond donors (Lipinski definition) is 1. The lowest BCUT2D eigenvalue weighted by Gasteiger charge is -2.31. The summed E-state index contributed by atoms with van der Waals surface area (Å²) in [6.45, 7) is 11.9. The van der Waals surface area contributed by atoms with Crippen LogP contribution in [0.25, 0.3) is 0 Å². The Labute approximate surface area is 286 Å². The Morgan fingerprint density at radius 1 is 0.652 bits per heavy atom. The highest BCUT2D eigenvalue weighted by Crippen LogP contribution is 2.24. The van der Waals surface area contributed by atoms with Crippen molar-refractivity contribution >= 4 is 11.8 Å². The second kappa shape index (κ2) is 31.3. The first-order chi connectivity index (χ1) is 22.5. The van der Waals surface area contributed by atoms with Gasteiger partial charge >= 0.3 is 5.97 Å². The van der Waals surface area contributed by atoms with Crippen molar-refractivity contribution in [2.75, 3.05) is 45.9 Å². The predicted octanol–water partition coefficient (Wildman–Crippen LogP) is 9.90. The Morgan fingerprint density at radius 2 is 1.20 bits per heavy atom. The lowest BCUT2D eigenvalue weighted by Crippen LogP contribution is -2.41. The SMILES string of the molecule is CCCCCCCCC(CCCCCCCC)COC(=O)CCCCCN(CCO)CCN(CCCCCC(C)=O)C1CCCC1. The monoisotopic (exact) mass is 651 g/mol. The molecule has 0 bridgehead atoms. The molecule has 272 valence electrons. The van der Waals surface area contributed by atoms with E-state index < -0.39 is 0 Å². The van der Waals surface area contributed by atoms with Crippen molar-refractivity contribution < 1.29 is 19.4 Å². The molecule has 0 aliphatic heterocycles. The van der Waals surface area contributed by atoms with Crippen LogP contribution in [0.4, 0.5) is 0 Å². The lowest BCUT2D eigenvalue weighted by molar-refractivity contribution is -0.145. The largest absolute Gasteiger partial charge is 0.465 e. The number of aliphatic hydroxyl groups excluding tert-OH is 1. The van der Waals surface area contributed by atoms with E-state index in [-0.39, 0.29) is 12.6 Å². The van der Waals surface area contributed by atoms with Gasteiger partial charge in [-0.1, -0.05) is 117 Å². The van der Waals surface area contributed by atoms with Crippen molar-refractivity contribution in [2.24, 2.45) is 5.92 Å². The minimum absolute atomic E-state index is 0.0152. The van der Waals surface area contributed by atoms with Gasteiger partial charge in [0.1, 0.15) is 5.78 Å². The van der Waals surface area contributed by atoms with E-state index in [1.54, 1.807) is 6.92 Å². The summed E-state index contributed by atoms with van der Waals surface area (Å²) in [6.07, 6.45) is 31.1. The maximum Gasteiger partial charge on any atom is 0.305 e.